The molecular weight excluding hydrogens is 264 g/mol. The molecule has 1 heterocycles. The van der Waals surface area contributed by atoms with Crippen molar-refractivity contribution in [1.82, 2.24) is 9.55 Å². The van der Waals surface area contributed by atoms with Gasteiger partial charge in [-0.25, -0.2) is 4.98 Å². The molecule has 21 heavy (non-hydrogen) atoms. The van der Waals surface area contributed by atoms with Crippen LogP contribution in [0.5, 0.6) is 5.75 Å². The largest absolute Gasteiger partial charge is 0.491 e. The maximum Gasteiger partial charge on any atom is 0.135 e. The first-order valence-electron chi connectivity index (χ1n) is 7.03. The van der Waals surface area contributed by atoms with Gasteiger partial charge < -0.3 is 14.4 Å². The smallest absolute Gasteiger partial charge is 0.135 e. The van der Waals surface area contributed by atoms with Crippen LogP contribution in [0.15, 0.2) is 48.5 Å². The van der Waals surface area contributed by atoms with Crippen molar-refractivity contribution in [3.05, 3.63) is 59.9 Å². The van der Waals surface area contributed by atoms with E-state index in [1.165, 1.54) is 0 Å². The fourth-order valence-corrected chi connectivity index (χ4v) is 2.46. The van der Waals surface area contributed by atoms with Crippen LogP contribution in [-0.4, -0.2) is 21.3 Å². The molecule has 0 atom stereocenters. The highest BCUT2D eigenvalue weighted by atomic mass is 16.5. The number of aryl methyl sites for hydroxylation is 1. The van der Waals surface area contributed by atoms with Gasteiger partial charge in [-0.3, -0.25) is 0 Å². The van der Waals surface area contributed by atoms with Crippen molar-refractivity contribution in [2.75, 3.05) is 6.61 Å². The third-order valence-electron chi connectivity index (χ3n) is 3.54. The van der Waals surface area contributed by atoms with Gasteiger partial charge in [-0.15, -0.1) is 0 Å². The van der Waals surface area contributed by atoms with Crippen LogP contribution in [0.2, 0.25) is 0 Å². The number of fused-ring (bicyclic) bond motifs is 1. The van der Waals surface area contributed by atoms with Crippen molar-refractivity contribution in [3.8, 4) is 5.75 Å². The van der Waals surface area contributed by atoms with E-state index < -0.39 is 0 Å². The lowest BCUT2D eigenvalue weighted by Gasteiger charge is -2.11. The predicted octanol–water partition coefficient (Wildman–Crippen LogP) is 2.92. The second-order valence-electron chi connectivity index (χ2n) is 4.94. The van der Waals surface area contributed by atoms with Gasteiger partial charge in [0.15, 0.2) is 0 Å². The number of ether oxygens (including phenoxy) is 1. The lowest BCUT2D eigenvalue weighted by Crippen LogP contribution is -2.11. The molecule has 3 aromatic rings. The van der Waals surface area contributed by atoms with Crippen molar-refractivity contribution < 1.29 is 9.84 Å². The van der Waals surface area contributed by atoms with Crippen molar-refractivity contribution >= 4 is 11.0 Å². The van der Waals surface area contributed by atoms with Gasteiger partial charge in [0.2, 0.25) is 0 Å². The first-order chi connectivity index (χ1) is 10.3. The molecule has 0 saturated carbocycles. The normalized spacial score (nSPS) is 11.0. The Morgan fingerprint density at radius 2 is 1.86 bits per heavy atom. The predicted molar refractivity (Wildman–Crippen MR) is 82.3 cm³/mol. The zero-order chi connectivity index (χ0) is 14.7. The highest BCUT2D eigenvalue weighted by molar-refractivity contribution is 5.75. The Labute approximate surface area is 123 Å². The minimum Gasteiger partial charge on any atom is -0.491 e. The maximum atomic E-state index is 9.46. The topological polar surface area (TPSA) is 47.3 Å². The van der Waals surface area contributed by atoms with Gasteiger partial charge >= 0.3 is 0 Å². The van der Waals surface area contributed by atoms with Crippen molar-refractivity contribution in [1.29, 1.82) is 0 Å². The van der Waals surface area contributed by atoms with E-state index in [0.29, 0.717) is 19.0 Å². The molecule has 3 rings (SSSR count). The van der Waals surface area contributed by atoms with E-state index in [-0.39, 0.29) is 6.61 Å². The van der Waals surface area contributed by atoms with E-state index in [4.69, 9.17) is 4.74 Å². The minimum atomic E-state index is -0.0704. The van der Waals surface area contributed by atoms with E-state index in [9.17, 15) is 5.11 Å². The summed E-state index contributed by atoms with van der Waals surface area (Å²) in [6.07, 6.45) is 0. The molecule has 0 amide bonds. The third-order valence-corrected chi connectivity index (χ3v) is 3.54. The molecule has 0 aliphatic heterocycles. The van der Waals surface area contributed by atoms with E-state index in [1.54, 1.807) is 0 Å². The molecule has 4 nitrogen and oxygen atoms in total. The van der Waals surface area contributed by atoms with Gasteiger partial charge in [0.1, 0.15) is 24.8 Å². The van der Waals surface area contributed by atoms with E-state index in [0.717, 1.165) is 22.3 Å². The molecule has 2 aromatic carbocycles. The van der Waals surface area contributed by atoms with Crippen molar-refractivity contribution in [3.63, 3.8) is 0 Å². The average molecular weight is 282 g/mol. The Hall–Kier alpha value is -2.33. The number of rotatable bonds is 5. The molecule has 4 heteroatoms. The first kappa shape index (κ1) is 13.6. The first-order valence-corrected chi connectivity index (χ1v) is 7.03. The average Bonchev–Trinajstić information content (AvgIpc) is 2.87. The standard InChI is InChI=1S/C17H18N2O2/c1-13-6-2-5-9-16(13)21-11-10-19-15-8-4-3-7-14(15)18-17(19)12-20/h2-9,20H,10-12H2,1H3. The highest BCUT2D eigenvalue weighted by Gasteiger charge is 2.09. The molecule has 108 valence electrons. The van der Waals surface area contributed by atoms with Crippen LogP contribution in [0.1, 0.15) is 11.4 Å². The number of para-hydroxylation sites is 3. The number of hydrogen-bond acceptors (Lipinski definition) is 3. The SMILES string of the molecule is Cc1ccccc1OCCn1c(CO)nc2ccccc21. The van der Waals surface area contributed by atoms with E-state index in [2.05, 4.69) is 4.98 Å². The monoisotopic (exact) mass is 282 g/mol. The minimum absolute atomic E-state index is 0.0704. The Morgan fingerprint density at radius 1 is 1.10 bits per heavy atom. The fraction of sp³-hybridized carbons (Fsp3) is 0.235. The number of aliphatic hydroxyl groups is 1. The zero-order valence-electron chi connectivity index (χ0n) is 12.0. The summed E-state index contributed by atoms with van der Waals surface area (Å²) in [7, 11) is 0. The molecule has 0 radical (unpaired) electrons. The molecule has 0 spiro atoms. The summed E-state index contributed by atoms with van der Waals surface area (Å²) in [5.41, 5.74) is 3.04. The Kier molecular flexibility index (Phi) is 3.88. The van der Waals surface area contributed by atoms with Crippen LogP contribution in [-0.2, 0) is 13.2 Å². The summed E-state index contributed by atoms with van der Waals surface area (Å²) in [6, 6.07) is 15.8. The molecule has 0 aliphatic rings. The lowest BCUT2D eigenvalue weighted by atomic mass is 10.2. The fourth-order valence-electron chi connectivity index (χ4n) is 2.46. The molecule has 1 aromatic heterocycles. The van der Waals surface area contributed by atoms with E-state index in [1.807, 2.05) is 60.0 Å². The number of nitrogens with zero attached hydrogens (tertiary/aromatic N) is 2. The Morgan fingerprint density at radius 3 is 2.67 bits per heavy atom. The summed E-state index contributed by atoms with van der Waals surface area (Å²) in [6.45, 7) is 3.16. The van der Waals surface area contributed by atoms with Gasteiger partial charge in [0, 0.05) is 0 Å². The summed E-state index contributed by atoms with van der Waals surface area (Å²) in [5, 5.41) is 9.46. The van der Waals surface area contributed by atoms with Crippen molar-refractivity contribution in [2.24, 2.45) is 0 Å². The quantitative estimate of drug-likeness (QED) is 0.782. The summed E-state index contributed by atoms with van der Waals surface area (Å²) >= 11 is 0. The summed E-state index contributed by atoms with van der Waals surface area (Å²) in [5.74, 6) is 1.57. The van der Waals surface area contributed by atoms with Crippen molar-refractivity contribution in [2.45, 2.75) is 20.1 Å². The van der Waals surface area contributed by atoms with Crippen LogP contribution in [0, 0.1) is 6.92 Å². The van der Waals surface area contributed by atoms with Gasteiger partial charge in [0.05, 0.1) is 17.6 Å². The number of imidazole rings is 1. The second kappa shape index (κ2) is 5.97. The molecular formula is C17H18N2O2. The highest BCUT2D eigenvalue weighted by Crippen LogP contribution is 2.18. The second-order valence-corrected chi connectivity index (χ2v) is 4.94. The lowest BCUT2D eigenvalue weighted by molar-refractivity contribution is 0.255. The number of aliphatic hydroxyl groups excluding tert-OH is 1. The molecule has 0 bridgehead atoms. The van der Waals surface area contributed by atoms with Gasteiger partial charge in [-0.1, -0.05) is 30.3 Å². The maximum absolute atomic E-state index is 9.46. The number of hydrogen-bond donors (Lipinski definition) is 1. The molecule has 0 saturated heterocycles. The Balaban J connectivity index is 1.77. The van der Waals surface area contributed by atoms with Crippen LogP contribution >= 0.6 is 0 Å². The van der Waals surface area contributed by atoms with Crippen LogP contribution in [0.4, 0.5) is 0 Å². The summed E-state index contributed by atoms with van der Waals surface area (Å²) in [4.78, 5) is 4.43. The van der Waals surface area contributed by atoms with Gasteiger partial charge in [-0.05, 0) is 30.7 Å². The van der Waals surface area contributed by atoms with Crippen LogP contribution < -0.4 is 4.74 Å². The van der Waals surface area contributed by atoms with Crippen LogP contribution in [0.3, 0.4) is 0 Å². The number of aromatic nitrogens is 2. The number of benzene rings is 2. The van der Waals surface area contributed by atoms with Crippen LogP contribution in [0.25, 0.3) is 11.0 Å². The molecule has 0 aliphatic carbocycles. The van der Waals surface area contributed by atoms with Gasteiger partial charge in [-0.2, -0.15) is 0 Å². The zero-order valence-corrected chi connectivity index (χ0v) is 12.0. The van der Waals surface area contributed by atoms with E-state index >= 15 is 0 Å². The third kappa shape index (κ3) is 2.76. The summed E-state index contributed by atoms with van der Waals surface area (Å²) < 4.78 is 7.84. The Bertz CT molecular complexity index is 749. The molecule has 0 unspecified atom stereocenters. The molecule has 1 N–H and O–H groups in total. The van der Waals surface area contributed by atoms with Gasteiger partial charge in [0.25, 0.3) is 0 Å². The molecule has 0 fully saturated rings.